The molecule has 0 spiro atoms. The minimum Gasteiger partial charge on any atom is -0.395 e. The van der Waals surface area contributed by atoms with Crippen molar-refractivity contribution in [2.75, 3.05) is 38.3 Å². The van der Waals surface area contributed by atoms with Crippen LogP contribution in [0.1, 0.15) is 0 Å². The van der Waals surface area contributed by atoms with Crippen molar-refractivity contribution in [2.24, 2.45) is 0 Å². The summed E-state index contributed by atoms with van der Waals surface area (Å²) in [5, 5.41) is 9.24. The summed E-state index contributed by atoms with van der Waals surface area (Å²) < 4.78 is 4.97. The molecule has 1 aromatic heterocycles. The lowest BCUT2D eigenvalue weighted by atomic mass is 10.4. The Morgan fingerprint density at radius 1 is 1.47 bits per heavy atom. The average molecular weight is 232 g/mol. The Bertz CT molecular complexity index is 298. The van der Waals surface area contributed by atoms with E-state index < -0.39 is 0 Å². The van der Waals surface area contributed by atoms with Gasteiger partial charge in [0.2, 0.25) is 0 Å². The van der Waals surface area contributed by atoms with Crippen molar-refractivity contribution in [3.63, 3.8) is 0 Å². The Kier molecular flexibility index (Phi) is 5.31. The number of aliphatic hydroxyl groups is 1. The highest BCUT2D eigenvalue weighted by Gasteiger charge is 2.07. The third-order valence-corrected chi connectivity index (χ3v) is 2.03. The van der Waals surface area contributed by atoms with Crippen LogP contribution in [0.5, 0.6) is 0 Å². The normalized spacial score (nSPS) is 10.3. The molecule has 1 N–H and O–H groups in total. The zero-order valence-corrected chi connectivity index (χ0v) is 9.31. The van der Waals surface area contributed by atoms with Crippen LogP contribution < -0.4 is 4.90 Å². The number of hydrogen-bond acceptors (Lipinski definition) is 5. The standard InChI is InChI=1S/C9H14ClN3O2/c1-15-5-3-13(2-4-14)9-7-11-6-8(10)12-9/h6-7,14H,2-5H2,1H3. The van der Waals surface area contributed by atoms with Crippen LogP contribution in [0.25, 0.3) is 0 Å². The summed E-state index contributed by atoms with van der Waals surface area (Å²) in [6, 6.07) is 0. The monoisotopic (exact) mass is 231 g/mol. The van der Waals surface area contributed by atoms with Gasteiger partial charge in [-0.3, -0.25) is 4.98 Å². The lowest BCUT2D eigenvalue weighted by Gasteiger charge is -2.21. The van der Waals surface area contributed by atoms with Gasteiger partial charge in [-0.25, -0.2) is 4.98 Å². The quantitative estimate of drug-likeness (QED) is 0.776. The molecule has 0 unspecified atom stereocenters. The summed E-state index contributed by atoms with van der Waals surface area (Å²) in [5.41, 5.74) is 0. The van der Waals surface area contributed by atoms with E-state index in [2.05, 4.69) is 9.97 Å². The van der Waals surface area contributed by atoms with Crippen LogP contribution in [0.2, 0.25) is 5.15 Å². The molecule has 6 heteroatoms. The Morgan fingerprint density at radius 2 is 2.27 bits per heavy atom. The molecule has 1 aromatic rings. The molecule has 0 saturated carbocycles. The smallest absolute Gasteiger partial charge is 0.149 e. The first-order valence-corrected chi connectivity index (χ1v) is 4.98. The minimum atomic E-state index is 0.0535. The van der Waals surface area contributed by atoms with E-state index in [1.807, 2.05) is 4.90 Å². The van der Waals surface area contributed by atoms with Gasteiger partial charge in [0, 0.05) is 20.2 Å². The SMILES string of the molecule is COCCN(CCO)c1cncc(Cl)n1. The van der Waals surface area contributed by atoms with Gasteiger partial charge in [0.25, 0.3) is 0 Å². The maximum absolute atomic E-state index is 8.90. The number of anilines is 1. The molecule has 5 nitrogen and oxygen atoms in total. The number of rotatable bonds is 6. The number of ether oxygens (including phenoxy) is 1. The molecule has 15 heavy (non-hydrogen) atoms. The molecule has 0 aliphatic carbocycles. The zero-order chi connectivity index (χ0) is 11.1. The molecule has 0 radical (unpaired) electrons. The maximum atomic E-state index is 8.90. The maximum Gasteiger partial charge on any atom is 0.149 e. The van der Waals surface area contributed by atoms with Crippen molar-refractivity contribution >= 4 is 17.4 Å². The second kappa shape index (κ2) is 6.55. The lowest BCUT2D eigenvalue weighted by molar-refractivity contribution is 0.202. The Labute approximate surface area is 93.7 Å². The summed E-state index contributed by atoms with van der Waals surface area (Å²) in [6.45, 7) is 1.75. The number of halogens is 1. The highest BCUT2D eigenvalue weighted by atomic mass is 35.5. The zero-order valence-electron chi connectivity index (χ0n) is 8.56. The fourth-order valence-electron chi connectivity index (χ4n) is 1.15. The van der Waals surface area contributed by atoms with Crippen molar-refractivity contribution < 1.29 is 9.84 Å². The molecular weight excluding hydrogens is 218 g/mol. The summed E-state index contributed by atoms with van der Waals surface area (Å²) in [4.78, 5) is 9.91. The van der Waals surface area contributed by atoms with Crippen molar-refractivity contribution in [3.8, 4) is 0 Å². The van der Waals surface area contributed by atoms with Crippen molar-refractivity contribution in [1.82, 2.24) is 9.97 Å². The Balaban J connectivity index is 2.69. The minimum absolute atomic E-state index is 0.0535. The van der Waals surface area contributed by atoms with Crippen molar-refractivity contribution in [3.05, 3.63) is 17.5 Å². The predicted octanol–water partition coefficient (Wildman–Crippen LogP) is 0.575. The van der Waals surface area contributed by atoms with E-state index in [0.717, 1.165) is 0 Å². The summed E-state index contributed by atoms with van der Waals surface area (Å²) in [7, 11) is 1.63. The molecule has 1 rings (SSSR count). The molecule has 0 bridgehead atoms. The molecule has 0 amide bonds. The number of hydrogen-bond donors (Lipinski definition) is 1. The largest absolute Gasteiger partial charge is 0.395 e. The first-order valence-electron chi connectivity index (χ1n) is 4.60. The van der Waals surface area contributed by atoms with E-state index in [4.69, 9.17) is 21.4 Å². The fraction of sp³-hybridized carbons (Fsp3) is 0.556. The van der Waals surface area contributed by atoms with Gasteiger partial charge in [-0.1, -0.05) is 11.6 Å². The van der Waals surface area contributed by atoms with E-state index in [1.54, 1.807) is 13.3 Å². The van der Waals surface area contributed by atoms with Gasteiger partial charge in [0.05, 0.1) is 25.6 Å². The summed E-state index contributed by atoms with van der Waals surface area (Å²) in [6.07, 6.45) is 3.08. The summed E-state index contributed by atoms with van der Waals surface area (Å²) >= 11 is 5.73. The van der Waals surface area contributed by atoms with Gasteiger partial charge >= 0.3 is 0 Å². The number of aromatic nitrogens is 2. The van der Waals surface area contributed by atoms with Crippen LogP contribution in [-0.4, -0.2) is 48.5 Å². The molecule has 0 atom stereocenters. The molecule has 0 saturated heterocycles. The molecular formula is C9H14ClN3O2. The summed E-state index contributed by atoms with van der Waals surface area (Å²) in [5.74, 6) is 0.647. The molecule has 0 aliphatic heterocycles. The second-order valence-corrected chi connectivity index (χ2v) is 3.29. The van der Waals surface area contributed by atoms with Crippen molar-refractivity contribution in [1.29, 1.82) is 0 Å². The van der Waals surface area contributed by atoms with Gasteiger partial charge in [-0.05, 0) is 0 Å². The van der Waals surface area contributed by atoms with Gasteiger partial charge in [0.15, 0.2) is 0 Å². The van der Waals surface area contributed by atoms with Crippen LogP contribution >= 0.6 is 11.6 Å². The van der Waals surface area contributed by atoms with Crippen LogP contribution in [0.4, 0.5) is 5.82 Å². The number of methoxy groups -OCH3 is 1. The van der Waals surface area contributed by atoms with Gasteiger partial charge in [-0.2, -0.15) is 0 Å². The topological polar surface area (TPSA) is 58.5 Å². The fourth-order valence-corrected chi connectivity index (χ4v) is 1.29. The lowest BCUT2D eigenvalue weighted by Crippen LogP contribution is -2.31. The van der Waals surface area contributed by atoms with E-state index in [0.29, 0.717) is 30.7 Å². The molecule has 0 aliphatic rings. The predicted molar refractivity (Wildman–Crippen MR) is 58.2 cm³/mol. The molecule has 0 fully saturated rings. The molecule has 0 aromatic carbocycles. The first-order chi connectivity index (χ1) is 7.27. The number of aliphatic hydroxyl groups excluding tert-OH is 1. The van der Waals surface area contributed by atoms with Crippen LogP contribution in [0.15, 0.2) is 12.4 Å². The van der Waals surface area contributed by atoms with E-state index in [1.165, 1.54) is 6.20 Å². The van der Waals surface area contributed by atoms with E-state index in [9.17, 15) is 0 Å². The third-order valence-electron chi connectivity index (χ3n) is 1.85. The van der Waals surface area contributed by atoms with Gasteiger partial charge < -0.3 is 14.7 Å². The molecule has 1 heterocycles. The van der Waals surface area contributed by atoms with E-state index in [-0.39, 0.29) is 6.61 Å². The highest BCUT2D eigenvalue weighted by Crippen LogP contribution is 2.11. The molecule has 84 valence electrons. The average Bonchev–Trinajstić information content (AvgIpc) is 2.24. The van der Waals surface area contributed by atoms with Crippen molar-refractivity contribution in [2.45, 2.75) is 0 Å². The van der Waals surface area contributed by atoms with Gasteiger partial charge in [0.1, 0.15) is 11.0 Å². The Morgan fingerprint density at radius 3 is 2.87 bits per heavy atom. The first kappa shape index (κ1) is 12.2. The van der Waals surface area contributed by atoms with Crippen LogP contribution in [0, 0.1) is 0 Å². The third kappa shape index (κ3) is 3.99. The van der Waals surface area contributed by atoms with Gasteiger partial charge in [-0.15, -0.1) is 0 Å². The Hall–Kier alpha value is -0.910. The highest BCUT2D eigenvalue weighted by molar-refractivity contribution is 6.29. The van der Waals surface area contributed by atoms with Crippen LogP contribution in [0.3, 0.4) is 0 Å². The van der Waals surface area contributed by atoms with E-state index >= 15 is 0 Å². The second-order valence-electron chi connectivity index (χ2n) is 2.90. The van der Waals surface area contributed by atoms with Crippen LogP contribution in [-0.2, 0) is 4.74 Å². The number of nitrogens with zero attached hydrogens (tertiary/aromatic N) is 3.